The Labute approximate surface area is 146 Å². The fourth-order valence-corrected chi connectivity index (χ4v) is 3.74. The van der Waals surface area contributed by atoms with Crippen LogP contribution in [0.5, 0.6) is 0 Å². The van der Waals surface area contributed by atoms with E-state index in [0.29, 0.717) is 22.6 Å². The van der Waals surface area contributed by atoms with Gasteiger partial charge >= 0.3 is 0 Å². The summed E-state index contributed by atoms with van der Waals surface area (Å²) in [5.74, 6) is -0.421. The van der Waals surface area contributed by atoms with Gasteiger partial charge in [0.15, 0.2) is 5.78 Å². The number of ketones is 1. The van der Waals surface area contributed by atoms with Gasteiger partial charge in [0.05, 0.1) is 11.9 Å². The number of carbonyl (C=O) groups excluding carboxylic acids is 1. The fraction of sp³-hybridized carbons (Fsp3) is 0.0526. The predicted molar refractivity (Wildman–Crippen MR) is 93.4 cm³/mol. The molecule has 0 radical (unpaired) electrons. The summed E-state index contributed by atoms with van der Waals surface area (Å²) in [5.41, 5.74) is 3.17. The van der Waals surface area contributed by atoms with Crippen molar-refractivity contribution in [3.8, 4) is 11.3 Å². The van der Waals surface area contributed by atoms with Crippen LogP contribution in [0, 0.1) is 11.6 Å². The second kappa shape index (κ2) is 6.29. The van der Waals surface area contributed by atoms with E-state index < -0.39 is 5.82 Å². The molecule has 1 N–H and O–H groups in total. The Morgan fingerprint density at radius 3 is 2.64 bits per heavy atom. The van der Waals surface area contributed by atoms with E-state index in [-0.39, 0.29) is 11.6 Å². The van der Waals surface area contributed by atoms with Gasteiger partial charge in [-0.2, -0.15) is 5.10 Å². The number of thioether (sulfide) groups is 1. The molecule has 0 amide bonds. The van der Waals surface area contributed by atoms with Crippen LogP contribution in [0.2, 0.25) is 0 Å². The number of nitrogens with zero attached hydrogens (tertiary/aromatic N) is 1. The van der Waals surface area contributed by atoms with Crippen LogP contribution in [0.4, 0.5) is 8.78 Å². The van der Waals surface area contributed by atoms with E-state index >= 15 is 0 Å². The van der Waals surface area contributed by atoms with Crippen LogP contribution in [0.15, 0.2) is 59.1 Å². The Morgan fingerprint density at radius 2 is 1.84 bits per heavy atom. The number of carbonyl (C=O) groups is 1. The summed E-state index contributed by atoms with van der Waals surface area (Å²) in [6.07, 6.45) is 3.37. The van der Waals surface area contributed by atoms with E-state index in [0.717, 1.165) is 16.0 Å². The van der Waals surface area contributed by atoms with E-state index in [9.17, 15) is 13.6 Å². The minimum Gasteiger partial charge on any atom is -0.289 e. The molecule has 25 heavy (non-hydrogen) atoms. The lowest BCUT2D eigenvalue weighted by molar-refractivity contribution is 0.103. The van der Waals surface area contributed by atoms with Crippen LogP contribution < -0.4 is 0 Å². The van der Waals surface area contributed by atoms with Gasteiger partial charge in [-0.3, -0.25) is 9.89 Å². The number of hydrogen-bond acceptors (Lipinski definition) is 3. The molecule has 6 heteroatoms. The molecule has 0 bridgehead atoms. The lowest BCUT2D eigenvalue weighted by atomic mass is 10.00. The van der Waals surface area contributed by atoms with Crippen molar-refractivity contribution in [2.45, 2.75) is 4.90 Å². The maximum absolute atomic E-state index is 13.5. The maximum Gasteiger partial charge on any atom is 0.191 e. The summed E-state index contributed by atoms with van der Waals surface area (Å²) in [6.45, 7) is 0. The third-order valence-electron chi connectivity index (χ3n) is 3.99. The van der Waals surface area contributed by atoms with Crippen LogP contribution in [-0.2, 0) is 0 Å². The minimum absolute atomic E-state index is 0.181. The van der Waals surface area contributed by atoms with Crippen LogP contribution >= 0.6 is 11.8 Å². The lowest BCUT2D eigenvalue weighted by Gasteiger charge is -2.16. The lowest BCUT2D eigenvalue weighted by Crippen LogP contribution is -2.12. The number of fused-ring (bicyclic) bond motifs is 1. The van der Waals surface area contributed by atoms with Gasteiger partial charge in [0.1, 0.15) is 11.6 Å². The second-order valence-corrected chi connectivity index (χ2v) is 6.65. The molecule has 1 aliphatic heterocycles. The van der Waals surface area contributed by atoms with Crippen molar-refractivity contribution in [2.75, 3.05) is 5.75 Å². The first-order valence-electron chi connectivity index (χ1n) is 7.59. The van der Waals surface area contributed by atoms with Crippen LogP contribution in [0.25, 0.3) is 17.3 Å². The van der Waals surface area contributed by atoms with E-state index in [4.69, 9.17) is 0 Å². The van der Waals surface area contributed by atoms with E-state index in [2.05, 4.69) is 10.2 Å². The van der Waals surface area contributed by atoms with E-state index in [1.165, 1.54) is 36.0 Å². The van der Waals surface area contributed by atoms with Crippen molar-refractivity contribution in [3.63, 3.8) is 0 Å². The van der Waals surface area contributed by atoms with Gasteiger partial charge in [-0.1, -0.05) is 0 Å². The van der Waals surface area contributed by atoms with Crippen LogP contribution in [0.1, 0.15) is 15.9 Å². The normalized spacial score (nSPS) is 15.4. The van der Waals surface area contributed by atoms with Crippen molar-refractivity contribution < 1.29 is 13.6 Å². The summed E-state index contributed by atoms with van der Waals surface area (Å²) in [5, 5.41) is 6.91. The standard InChI is InChI=1S/C19H12F2N2OS/c20-14-3-1-11(2-4-14)18-12(9-22-23-18)7-13-10-25-17-6-5-15(21)8-16(17)19(13)24/h1-9H,10H2,(H,22,23). The number of nitrogens with one attached hydrogen (secondary N) is 1. The first-order chi connectivity index (χ1) is 12.1. The molecule has 2 aromatic carbocycles. The highest BCUT2D eigenvalue weighted by atomic mass is 32.2. The Hall–Kier alpha value is -2.73. The smallest absolute Gasteiger partial charge is 0.191 e. The van der Waals surface area contributed by atoms with Gasteiger partial charge in [-0.15, -0.1) is 11.8 Å². The zero-order chi connectivity index (χ0) is 17.4. The Morgan fingerprint density at radius 1 is 1.08 bits per heavy atom. The molecule has 0 fully saturated rings. The van der Waals surface area contributed by atoms with E-state index in [1.54, 1.807) is 30.5 Å². The second-order valence-electron chi connectivity index (χ2n) is 5.64. The maximum atomic E-state index is 13.5. The number of benzene rings is 2. The fourth-order valence-electron chi connectivity index (χ4n) is 2.75. The molecule has 1 aliphatic rings. The first-order valence-corrected chi connectivity index (χ1v) is 8.57. The SMILES string of the molecule is O=C1C(=Cc2cn[nH]c2-c2ccc(F)cc2)CSc2ccc(F)cc21. The zero-order valence-electron chi connectivity index (χ0n) is 12.9. The molecular weight excluding hydrogens is 342 g/mol. The molecule has 1 aromatic heterocycles. The average molecular weight is 354 g/mol. The molecule has 0 aliphatic carbocycles. The molecule has 2 heterocycles. The molecule has 0 saturated heterocycles. The molecule has 124 valence electrons. The minimum atomic E-state index is -0.427. The Balaban J connectivity index is 1.72. The summed E-state index contributed by atoms with van der Waals surface area (Å²) < 4.78 is 26.6. The van der Waals surface area contributed by atoms with Crippen LogP contribution in [-0.4, -0.2) is 21.7 Å². The van der Waals surface area contributed by atoms with Crippen molar-refractivity contribution in [1.82, 2.24) is 10.2 Å². The number of halogens is 2. The summed E-state index contributed by atoms with van der Waals surface area (Å²) in [6, 6.07) is 10.3. The van der Waals surface area contributed by atoms with E-state index in [1.807, 2.05) is 0 Å². The number of Topliss-reactive ketones (excluding diaryl/α,β-unsaturated/α-hetero) is 1. The highest BCUT2D eigenvalue weighted by Gasteiger charge is 2.23. The van der Waals surface area contributed by atoms with Crippen molar-refractivity contribution >= 4 is 23.6 Å². The summed E-state index contributed by atoms with van der Waals surface area (Å²) in [4.78, 5) is 13.4. The van der Waals surface area contributed by atoms with Crippen molar-refractivity contribution in [3.05, 3.63) is 77.0 Å². The molecule has 0 saturated carbocycles. The molecule has 3 aromatic rings. The first kappa shape index (κ1) is 15.8. The van der Waals surface area contributed by atoms with Gasteiger partial charge in [-0.25, -0.2) is 8.78 Å². The predicted octanol–water partition coefficient (Wildman–Crippen LogP) is 4.73. The van der Waals surface area contributed by atoms with Gasteiger partial charge in [0.25, 0.3) is 0 Å². The number of hydrogen-bond donors (Lipinski definition) is 1. The molecule has 0 unspecified atom stereocenters. The van der Waals surface area contributed by atoms with Gasteiger partial charge in [-0.05, 0) is 48.5 Å². The van der Waals surface area contributed by atoms with Crippen molar-refractivity contribution in [1.29, 1.82) is 0 Å². The molecule has 4 rings (SSSR count). The quantitative estimate of drug-likeness (QED) is 0.677. The van der Waals surface area contributed by atoms with Gasteiger partial charge < -0.3 is 0 Å². The van der Waals surface area contributed by atoms with Crippen molar-refractivity contribution in [2.24, 2.45) is 0 Å². The number of rotatable bonds is 2. The third kappa shape index (κ3) is 3.00. The highest BCUT2D eigenvalue weighted by molar-refractivity contribution is 7.99. The molecule has 3 nitrogen and oxygen atoms in total. The highest BCUT2D eigenvalue weighted by Crippen LogP contribution is 2.34. The number of H-pyrrole nitrogens is 1. The van der Waals surface area contributed by atoms with Gasteiger partial charge in [0, 0.05) is 32.9 Å². The Kier molecular flexibility index (Phi) is 3.97. The number of aromatic amines is 1. The summed E-state index contributed by atoms with van der Waals surface area (Å²) >= 11 is 1.50. The van der Waals surface area contributed by atoms with Crippen LogP contribution in [0.3, 0.4) is 0 Å². The Bertz CT molecular complexity index is 993. The zero-order valence-corrected chi connectivity index (χ0v) is 13.7. The molecule has 0 atom stereocenters. The molecular formula is C19H12F2N2OS. The summed E-state index contributed by atoms with van der Waals surface area (Å²) in [7, 11) is 0. The monoisotopic (exact) mass is 354 g/mol. The topological polar surface area (TPSA) is 45.8 Å². The average Bonchev–Trinajstić information content (AvgIpc) is 3.07. The van der Waals surface area contributed by atoms with Gasteiger partial charge in [0.2, 0.25) is 0 Å². The third-order valence-corrected chi connectivity index (χ3v) is 5.11. The largest absolute Gasteiger partial charge is 0.289 e. The number of aromatic nitrogens is 2. The molecule has 0 spiro atoms.